The molecule has 0 atom stereocenters. The van der Waals surface area contributed by atoms with Crippen LogP contribution < -0.4 is 16.0 Å². The summed E-state index contributed by atoms with van der Waals surface area (Å²) >= 11 is 0. The molecule has 3 N–H and O–H groups in total. The molecule has 88 valence electrons. The third-order valence-corrected chi connectivity index (χ3v) is 2.20. The highest BCUT2D eigenvalue weighted by atomic mass is 16.1. The fourth-order valence-corrected chi connectivity index (χ4v) is 1.18. The highest BCUT2D eigenvalue weighted by Gasteiger charge is 2.06. The van der Waals surface area contributed by atoms with Crippen molar-refractivity contribution in [1.82, 2.24) is 15.3 Å². The van der Waals surface area contributed by atoms with Gasteiger partial charge in [-0.15, -0.1) is 0 Å². The highest BCUT2D eigenvalue weighted by molar-refractivity contribution is 5.76. The molecule has 1 aromatic heterocycles. The molecule has 1 heterocycles. The van der Waals surface area contributed by atoms with Gasteiger partial charge in [0.2, 0.25) is 11.9 Å². The quantitative estimate of drug-likeness (QED) is 0.703. The van der Waals surface area contributed by atoms with Crippen molar-refractivity contribution in [3.8, 4) is 0 Å². The Bertz CT molecular complexity index is 355. The van der Waals surface area contributed by atoms with E-state index in [2.05, 4.69) is 15.3 Å². The van der Waals surface area contributed by atoms with Crippen molar-refractivity contribution >= 4 is 11.9 Å². The predicted octanol–water partition coefficient (Wildman–Crippen LogP) is -0.492. The fraction of sp³-hybridized carbons (Fsp3) is 0.500. The minimum atomic E-state index is 0.00169. The van der Waals surface area contributed by atoms with E-state index in [1.165, 1.54) is 0 Å². The lowest BCUT2D eigenvalue weighted by atomic mass is 10.4. The average molecular weight is 223 g/mol. The van der Waals surface area contributed by atoms with Gasteiger partial charge in [-0.25, -0.2) is 9.97 Å². The summed E-state index contributed by atoms with van der Waals surface area (Å²) in [5.41, 5.74) is 6.28. The molecule has 6 nitrogen and oxygen atoms in total. The summed E-state index contributed by atoms with van der Waals surface area (Å²) in [5.74, 6) is 0.591. The molecule has 6 heteroatoms. The van der Waals surface area contributed by atoms with Gasteiger partial charge in [0.15, 0.2) is 0 Å². The SMILES string of the molecule is CNC(=O)CCN(C)c1nccc(CN)n1. The second-order valence-corrected chi connectivity index (χ2v) is 3.40. The molecule has 0 bridgehead atoms. The molecule has 0 aromatic carbocycles. The minimum absolute atomic E-state index is 0.00169. The van der Waals surface area contributed by atoms with Gasteiger partial charge < -0.3 is 16.0 Å². The van der Waals surface area contributed by atoms with Gasteiger partial charge in [0.25, 0.3) is 0 Å². The van der Waals surface area contributed by atoms with Crippen LogP contribution >= 0.6 is 0 Å². The Kier molecular flexibility index (Phi) is 4.65. The zero-order valence-corrected chi connectivity index (χ0v) is 9.60. The molecule has 0 saturated carbocycles. The first-order chi connectivity index (χ1) is 7.67. The molecule has 0 fully saturated rings. The zero-order valence-electron chi connectivity index (χ0n) is 9.60. The van der Waals surface area contributed by atoms with E-state index in [1.807, 2.05) is 11.9 Å². The first kappa shape index (κ1) is 12.4. The number of hydrogen-bond acceptors (Lipinski definition) is 5. The summed E-state index contributed by atoms with van der Waals surface area (Å²) in [5, 5.41) is 2.57. The van der Waals surface area contributed by atoms with E-state index in [1.54, 1.807) is 19.3 Å². The van der Waals surface area contributed by atoms with E-state index in [-0.39, 0.29) is 5.91 Å². The number of rotatable bonds is 5. The summed E-state index contributed by atoms with van der Waals surface area (Å²) in [6.07, 6.45) is 2.09. The predicted molar refractivity (Wildman–Crippen MR) is 61.9 cm³/mol. The van der Waals surface area contributed by atoms with Crippen molar-refractivity contribution in [2.45, 2.75) is 13.0 Å². The normalized spacial score (nSPS) is 9.94. The van der Waals surface area contributed by atoms with Crippen LogP contribution in [-0.2, 0) is 11.3 Å². The molecule has 1 rings (SSSR count). The molecule has 0 spiro atoms. The molecule has 0 aliphatic carbocycles. The van der Waals surface area contributed by atoms with Crippen LogP contribution in [0.15, 0.2) is 12.3 Å². The summed E-state index contributed by atoms with van der Waals surface area (Å²) in [7, 11) is 3.46. The zero-order chi connectivity index (χ0) is 12.0. The summed E-state index contributed by atoms with van der Waals surface area (Å²) < 4.78 is 0. The fourth-order valence-electron chi connectivity index (χ4n) is 1.18. The topological polar surface area (TPSA) is 84.1 Å². The van der Waals surface area contributed by atoms with E-state index in [0.717, 1.165) is 5.69 Å². The van der Waals surface area contributed by atoms with E-state index in [0.29, 0.717) is 25.5 Å². The minimum Gasteiger partial charge on any atom is -0.359 e. The molecule has 0 unspecified atom stereocenters. The number of aromatic nitrogens is 2. The van der Waals surface area contributed by atoms with Crippen LogP contribution in [0, 0.1) is 0 Å². The molecular weight excluding hydrogens is 206 g/mol. The van der Waals surface area contributed by atoms with E-state index in [9.17, 15) is 4.79 Å². The molecule has 1 aromatic rings. The third-order valence-electron chi connectivity index (χ3n) is 2.20. The van der Waals surface area contributed by atoms with Gasteiger partial charge in [0.1, 0.15) is 0 Å². The van der Waals surface area contributed by atoms with Crippen LogP contribution in [-0.4, -0.2) is 36.5 Å². The molecule has 0 aliphatic rings. The van der Waals surface area contributed by atoms with Crippen LogP contribution in [0.2, 0.25) is 0 Å². The second-order valence-electron chi connectivity index (χ2n) is 3.40. The monoisotopic (exact) mass is 223 g/mol. The van der Waals surface area contributed by atoms with Gasteiger partial charge in [-0.3, -0.25) is 4.79 Å². The molecule has 0 radical (unpaired) electrons. The number of nitrogens with zero attached hydrogens (tertiary/aromatic N) is 3. The average Bonchev–Trinajstić information content (AvgIpc) is 2.35. The second kappa shape index (κ2) is 6.02. The van der Waals surface area contributed by atoms with E-state index < -0.39 is 0 Å². The van der Waals surface area contributed by atoms with Crippen LogP contribution in [0.4, 0.5) is 5.95 Å². The van der Waals surface area contributed by atoms with Gasteiger partial charge in [-0.1, -0.05) is 0 Å². The van der Waals surface area contributed by atoms with Crippen LogP contribution in [0.5, 0.6) is 0 Å². The maximum Gasteiger partial charge on any atom is 0.225 e. The lowest BCUT2D eigenvalue weighted by Gasteiger charge is -2.16. The van der Waals surface area contributed by atoms with Crippen molar-refractivity contribution in [2.75, 3.05) is 25.5 Å². The van der Waals surface area contributed by atoms with Gasteiger partial charge in [-0.05, 0) is 6.07 Å². The maximum atomic E-state index is 11.1. The van der Waals surface area contributed by atoms with Gasteiger partial charge >= 0.3 is 0 Å². The number of hydrogen-bond donors (Lipinski definition) is 2. The summed E-state index contributed by atoms with van der Waals surface area (Å²) in [6, 6.07) is 1.77. The number of nitrogens with one attached hydrogen (secondary N) is 1. The molecular formula is C10H17N5O. The van der Waals surface area contributed by atoms with E-state index in [4.69, 9.17) is 5.73 Å². The van der Waals surface area contributed by atoms with Crippen molar-refractivity contribution < 1.29 is 4.79 Å². The highest BCUT2D eigenvalue weighted by Crippen LogP contribution is 2.05. The van der Waals surface area contributed by atoms with Crippen LogP contribution in [0.1, 0.15) is 12.1 Å². The Morgan fingerprint density at radius 1 is 1.62 bits per heavy atom. The lowest BCUT2D eigenvalue weighted by Crippen LogP contribution is -2.27. The first-order valence-electron chi connectivity index (χ1n) is 5.11. The smallest absolute Gasteiger partial charge is 0.225 e. The number of carbonyl (C=O) groups excluding carboxylic acids is 1. The Morgan fingerprint density at radius 2 is 2.38 bits per heavy atom. The number of amides is 1. The van der Waals surface area contributed by atoms with Crippen molar-refractivity contribution in [3.63, 3.8) is 0 Å². The lowest BCUT2D eigenvalue weighted by molar-refractivity contribution is -0.120. The van der Waals surface area contributed by atoms with Crippen molar-refractivity contribution in [3.05, 3.63) is 18.0 Å². The van der Waals surface area contributed by atoms with Gasteiger partial charge in [0, 0.05) is 39.8 Å². The van der Waals surface area contributed by atoms with Gasteiger partial charge in [-0.2, -0.15) is 0 Å². The molecule has 16 heavy (non-hydrogen) atoms. The Morgan fingerprint density at radius 3 is 3.00 bits per heavy atom. The number of nitrogens with two attached hydrogens (primary N) is 1. The molecule has 0 saturated heterocycles. The Balaban J connectivity index is 2.58. The van der Waals surface area contributed by atoms with Gasteiger partial charge in [0.05, 0.1) is 5.69 Å². The Labute approximate surface area is 94.9 Å². The van der Waals surface area contributed by atoms with Crippen LogP contribution in [0.3, 0.4) is 0 Å². The summed E-state index contributed by atoms with van der Waals surface area (Å²) in [4.78, 5) is 21.3. The standard InChI is InChI=1S/C10H17N5O/c1-12-9(16)4-6-15(2)10-13-5-3-8(7-11)14-10/h3,5H,4,6-7,11H2,1-2H3,(H,12,16). The largest absolute Gasteiger partial charge is 0.359 e. The van der Waals surface area contributed by atoms with Crippen molar-refractivity contribution in [2.24, 2.45) is 5.73 Å². The third kappa shape index (κ3) is 3.47. The summed E-state index contributed by atoms with van der Waals surface area (Å²) in [6.45, 7) is 0.965. The number of carbonyl (C=O) groups is 1. The molecule has 1 amide bonds. The maximum absolute atomic E-state index is 11.1. The van der Waals surface area contributed by atoms with Crippen molar-refractivity contribution in [1.29, 1.82) is 0 Å². The molecule has 0 aliphatic heterocycles. The van der Waals surface area contributed by atoms with Crippen LogP contribution in [0.25, 0.3) is 0 Å². The Hall–Kier alpha value is -1.69. The van der Waals surface area contributed by atoms with E-state index >= 15 is 0 Å². The number of anilines is 1. The first-order valence-corrected chi connectivity index (χ1v) is 5.11.